The number of nitrogens with one attached hydrogen (secondary N) is 3. The maximum Gasteiger partial charge on any atom is 0.272 e. The van der Waals surface area contributed by atoms with Crippen LogP contribution in [0.2, 0.25) is 0 Å². The highest BCUT2D eigenvalue weighted by Crippen LogP contribution is 2.26. The number of hydrogen-bond acceptors (Lipinski definition) is 6. The summed E-state index contributed by atoms with van der Waals surface area (Å²) >= 11 is 1.33. The molecule has 0 unspecified atom stereocenters. The van der Waals surface area contributed by atoms with Crippen LogP contribution in [0.25, 0.3) is 6.08 Å². The minimum absolute atomic E-state index is 0.0405. The van der Waals surface area contributed by atoms with Crippen LogP contribution in [0.3, 0.4) is 0 Å². The third-order valence-corrected chi connectivity index (χ3v) is 6.88. The van der Waals surface area contributed by atoms with E-state index in [4.69, 9.17) is 9.47 Å². The molecular weight excluding hydrogens is 550 g/mol. The van der Waals surface area contributed by atoms with Crippen molar-refractivity contribution in [2.75, 3.05) is 30.1 Å². The molecule has 0 saturated heterocycles. The lowest BCUT2D eigenvalue weighted by Gasteiger charge is -2.13. The number of hydrogen-bond donors (Lipinski definition) is 3. The molecule has 3 amide bonds. The summed E-state index contributed by atoms with van der Waals surface area (Å²) in [7, 11) is 1.54. The summed E-state index contributed by atoms with van der Waals surface area (Å²) in [5.74, 6) is 0.193. The van der Waals surface area contributed by atoms with Gasteiger partial charge in [0.05, 0.1) is 25.2 Å². The second kappa shape index (κ2) is 15.1. The van der Waals surface area contributed by atoms with Gasteiger partial charge in [-0.2, -0.15) is 0 Å². The van der Waals surface area contributed by atoms with E-state index < -0.39 is 11.8 Å². The number of carbonyl (C=O) groups is 3. The van der Waals surface area contributed by atoms with Gasteiger partial charge in [-0.25, -0.2) is 0 Å². The van der Waals surface area contributed by atoms with Crippen molar-refractivity contribution in [3.05, 3.63) is 120 Å². The zero-order valence-electron chi connectivity index (χ0n) is 23.3. The Morgan fingerprint density at radius 2 is 1.52 bits per heavy atom. The zero-order valence-corrected chi connectivity index (χ0v) is 24.1. The molecule has 9 heteroatoms. The van der Waals surface area contributed by atoms with E-state index >= 15 is 0 Å². The number of benzene rings is 4. The number of carbonyl (C=O) groups excluding carboxylic acids is 3. The Morgan fingerprint density at radius 3 is 2.29 bits per heavy atom. The predicted molar refractivity (Wildman–Crippen MR) is 167 cm³/mol. The Hall–Kier alpha value is -5.02. The Bertz CT molecular complexity index is 1570. The fraction of sp³-hybridized carbons (Fsp3) is 0.121. The molecular formula is C33H31N3O5S. The molecule has 0 atom stereocenters. The van der Waals surface area contributed by atoms with Crippen LogP contribution in [0.5, 0.6) is 11.5 Å². The second-order valence-electron chi connectivity index (χ2n) is 8.87. The van der Waals surface area contributed by atoms with Gasteiger partial charge in [-0.1, -0.05) is 54.6 Å². The molecule has 0 spiro atoms. The van der Waals surface area contributed by atoms with E-state index in [-0.39, 0.29) is 17.4 Å². The molecule has 4 aromatic carbocycles. The fourth-order valence-corrected chi connectivity index (χ4v) is 4.69. The van der Waals surface area contributed by atoms with Gasteiger partial charge in [0, 0.05) is 21.7 Å². The second-order valence-corrected chi connectivity index (χ2v) is 9.92. The van der Waals surface area contributed by atoms with E-state index in [1.165, 1.54) is 18.9 Å². The van der Waals surface area contributed by atoms with Gasteiger partial charge in [0.25, 0.3) is 11.8 Å². The molecule has 42 heavy (non-hydrogen) atoms. The number of anilines is 2. The normalized spacial score (nSPS) is 10.9. The van der Waals surface area contributed by atoms with Gasteiger partial charge in [0.1, 0.15) is 17.2 Å². The van der Waals surface area contributed by atoms with Crippen LogP contribution in [0, 0.1) is 0 Å². The smallest absolute Gasteiger partial charge is 0.272 e. The first-order valence-corrected chi connectivity index (χ1v) is 14.2. The Balaban J connectivity index is 1.46. The Labute approximate surface area is 249 Å². The van der Waals surface area contributed by atoms with Crippen LogP contribution >= 0.6 is 11.8 Å². The summed E-state index contributed by atoms with van der Waals surface area (Å²) in [6.45, 7) is 2.38. The molecule has 4 aromatic rings. The summed E-state index contributed by atoms with van der Waals surface area (Å²) in [6, 6.07) is 30.2. The lowest BCUT2D eigenvalue weighted by atomic mass is 10.1. The fourth-order valence-electron chi connectivity index (χ4n) is 3.93. The SMILES string of the molecule is CCOc1ccccc1NC(=O)CSc1cccc(NC(=O)/C(=C\c2ccccc2OC)NC(=O)c2ccccc2)c1. The first kappa shape index (κ1) is 30.0. The monoisotopic (exact) mass is 581 g/mol. The van der Waals surface area contributed by atoms with Crippen molar-refractivity contribution in [3.63, 3.8) is 0 Å². The van der Waals surface area contributed by atoms with E-state index in [9.17, 15) is 14.4 Å². The van der Waals surface area contributed by atoms with Crippen LogP contribution in [-0.2, 0) is 9.59 Å². The quantitative estimate of drug-likeness (QED) is 0.135. The van der Waals surface area contributed by atoms with Crippen molar-refractivity contribution in [3.8, 4) is 11.5 Å². The zero-order chi connectivity index (χ0) is 29.7. The topological polar surface area (TPSA) is 106 Å². The summed E-state index contributed by atoms with van der Waals surface area (Å²) < 4.78 is 11.0. The number of para-hydroxylation sites is 3. The summed E-state index contributed by atoms with van der Waals surface area (Å²) in [6.07, 6.45) is 1.57. The number of ether oxygens (including phenoxy) is 2. The highest BCUT2D eigenvalue weighted by atomic mass is 32.2. The molecule has 0 bridgehead atoms. The standard InChI is InChI=1S/C33H31N3O5S/c1-3-41-30-19-10-8-17-27(30)35-31(37)22-42-26-16-11-15-25(21-26)34-33(39)28(20-24-14-7-9-18-29(24)40-2)36-32(38)23-12-5-4-6-13-23/h4-21H,3,22H2,1-2H3,(H,34,39)(H,35,37)(H,36,38)/b28-20+. The van der Waals surface area contributed by atoms with Gasteiger partial charge in [-0.05, 0) is 61.5 Å². The van der Waals surface area contributed by atoms with Crippen molar-refractivity contribution in [2.45, 2.75) is 11.8 Å². The number of amides is 3. The first-order valence-electron chi connectivity index (χ1n) is 13.2. The highest BCUT2D eigenvalue weighted by Gasteiger charge is 2.16. The molecule has 3 N–H and O–H groups in total. The third-order valence-electron chi connectivity index (χ3n) is 5.89. The molecule has 0 aliphatic carbocycles. The van der Waals surface area contributed by atoms with Crippen LogP contribution in [0.1, 0.15) is 22.8 Å². The van der Waals surface area contributed by atoms with E-state index in [1.54, 1.807) is 72.8 Å². The van der Waals surface area contributed by atoms with Gasteiger partial charge >= 0.3 is 0 Å². The van der Waals surface area contributed by atoms with Gasteiger partial charge in [-0.15, -0.1) is 11.8 Å². The van der Waals surface area contributed by atoms with Crippen LogP contribution in [0.4, 0.5) is 11.4 Å². The van der Waals surface area contributed by atoms with Crippen LogP contribution < -0.4 is 25.4 Å². The molecule has 0 saturated carbocycles. The average Bonchev–Trinajstić information content (AvgIpc) is 3.01. The molecule has 0 aromatic heterocycles. The predicted octanol–water partition coefficient (Wildman–Crippen LogP) is 6.23. The number of thioether (sulfide) groups is 1. The molecule has 0 radical (unpaired) electrons. The van der Waals surface area contributed by atoms with E-state index in [1.807, 2.05) is 43.3 Å². The van der Waals surface area contributed by atoms with Gasteiger partial charge in [-0.3, -0.25) is 14.4 Å². The van der Waals surface area contributed by atoms with Crippen molar-refractivity contribution in [2.24, 2.45) is 0 Å². The highest BCUT2D eigenvalue weighted by molar-refractivity contribution is 8.00. The molecule has 4 rings (SSSR count). The summed E-state index contributed by atoms with van der Waals surface area (Å²) in [5.41, 5.74) is 2.19. The van der Waals surface area contributed by atoms with Gasteiger partial charge in [0.2, 0.25) is 5.91 Å². The average molecular weight is 582 g/mol. The Morgan fingerprint density at radius 1 is 0.810 bits per heavy atom. The molecule has 214 valence electrons. The number of methoxy groups -OCH3 is 1. The van der Waals surface area contributed by atoms with E-state index in [0.29, 0.717) is 40.6 Å². The largest absolute Gasteiger partial charge is 0.496 e. The van der Waals surface area contributed by atoms with E-state index in [0.717, 1.165) is 4.90 Å². The third kappa shape index (κ3) is 8.49. The maximum atomic E-state index is 13.4. The Kier molecular flexibility index (Phi) is 10.8. The molecule has 0 fully saturated rings. The summed E-state index contributed by atoms with van der Waals surface area (Å²) in [4.78, 5) is 39.8. The minimum atomic E-state index is -0.516. The van der Waals surface area contributed by atoms with Crippen LogP contribution in [0.15, 0.2) is 114 Å². The minimum Gasteiger partial charge on any atom is -0.496 e. The van der Waals surface area contributed by atoms with Crippen molar-refractivity contribution in [1.82, 2.24) is 5.32 Å². The lowest BCUT2D eigenvalue weighted by Crippen LogP contribution is -2.30. The summed E-state index contributed by atoms with van der Waals surface area (Å²) in [5, 5.41) is 8.46. The van der Waals surface area contributed by atoms with Crippen LogP contribution in [-0.4, -0.2) is 37.2 Å². The molecule has 8 nitrogen and oxygen atoms in total. The number of rotatable bonds is 12. The van der Waals surface area contributed by atoms with E-state index in [2.05, 4.69) is 16.0 Å². The van der Waals surface area contributed by atoms with Gasteiger partial charge < -0.3 is 25.4 Å². The molecule has 0 aliphatic heterocycles. The lowest BCUT2D eigenvalue weighted by molar-refractivity contribution is -0.114. The van der Waals surface area contributed by atoms with Crippen molar-refractivity contribution in [1.29, 1.82) is 0 Å². The molecule has 0 aliphatic rings. The van der Waals surface area contributed by atoms with Crippen molar-refractivity contribution >= 4 is 46.9 Å². The molecule has 0 heterocycles. The first-order chi connectivity index (χ1) is 20.5. The maximum absolute atomic E-state index is 13.4. The van der Waals surface area contributed by atoms with Crippen molar-refractivity contribution < 1.29 is 23.9 Å². The van der Waals surface area contributed by atoms with Gasteiger partial charge in [0.15, 0.2) is 0 Å².